The van der Waals surface area contributed by atoms with E-state index in [4.69, 9.17) is 8.83 Å². The quantitative estimate of drug-likeness (QED) is 0.753. The number of aryl methyl sites for hydroxylation is 1. The Morgan fingerprint density at radius 1 is 1.41 bits per heavy atom. The molecule has 0 bridgehead atoms. The van der Waals surface area contributed by atoms with Crippen molar-refractivity contribution in [3.8, 4) is 0 Å². The lowest BCUT2D eigenvalue weighted by molar-refractivity contribution is -0.132. The predicted octanol–water partition coefficient (Wildman–Crippen LogP) is 0.838. The summed E-state index contributed by atoms with van der Waals surface area (Å²) in [5, 5.41) is 10.5. The number of carbonyl (C=O) groups excluding carboxylic acids is 2. The van der Waals surface area contributed by atoms with E-state index in [2.05, 4.69) is 15.5 Å². The molecule has 0 aliphatic rings. The monoisotopic (exact) mass is 324 g/mol. The molecule has 9 heteroatoms. The third kappa shape index (κ3) is 4.92. The molecule has 2 aromatic rings. The molecule has 118 valence electrons. The Bertz CT molecular complexity index is 626. The van der Waals surface area contributed by atoms with Crippen LogP contribution in [-0.4, -0.2) is 46.3 Å². The van der Waals surface area contributed by atoms with Crippen LogP contribution in [-0.2, 0) is 16.1 Å². The molecule has 8 nitrogen and oxygen atoms in total. The van der Waals surface area contributed by atoms with Crippen molar-refractivity contribution in [3.63, 3.8) is 0 Å². The van der Waals surface area contributed by atoms with Crippen LogP contribution in [0.25, 0.3) is 0 Å². The second kappa shape index (κ2) is 7.64. The molecule has 2 heterocycles. The van der Waals surface area contributed by atoms with Crippen LogP contribution >= 0.6 is 11.8 Å². The highest BCUT2D eigenvalue weighted by molar-refractivity contribution is 7.99. The standard InChI is InChI=1S/C13H16N4O4S/c1-9-15-16-13(21-9)22-8-12(19)17(2)7-11(18)14-6-10-4-3-5-20-10/h3-5H,6-8H2,1-2H3,(H,14,18). The van der Waals surface area contributed by atoms with Crippen LogP contribution in [0.2, 0.25) is 0 Å². The minimum absolute atomic E-state index is 0.0248. The first-order chi connectivity index (χ1) is 10.5. The fourth-order valence-corrected chi connectivity index (χ4v) is 2.27. The molecule has 2 amide bonds. The Kier molecular flexibility index (Phi) is 5.59. The highest BCUT2D eigenvalue weighted by Crippen LogP contribution is 2.15. The molecular weight excluding hydrogens is 308 g/mol. The summed E-state index contributed by atoms with van der Waals surface area (Å²) < 4.78 is 10.3. The fraction of sp³-hybridized carbons (Fsp3) is 0.385. The molecule has 0 atom stereocenters. The molecule has 0 aliphatic carbocycles. The molecule has 1 N–H and O–H groups in total. The van der Waals surface area contributed by atoms with Gasteiger partial charge in [0.1, 0.15) is 5.76 Å². The summed E-state index contributed by atoms with van der Waals surface area (Å²) in [5.41, 5.74) is 0. The maximum atomic E-state index is 11.9. The van der Waals surface area contributed by atoms with E-state index < -0.39 is 0 Å². The molecule has 0 unspecified atom stereocenters. The highest BCUT2D eigenvalue weighted by Gasteiger charge is 2.15. The van der Waals surface area contributed by atoms with E-state index in [9.17, 15) is 9.59 Å². The summed E-state index contributed by atoms with van der Waals surface area (Å²) in [7, 11) is 1.56. The Balaban J connectivity index is 1.69. The van der Waals surface area contributed by atoms with Gasteiger partial charge in [0.2, 0.25) is 17.7 Å². The molecule has 2 rings (SSSR count). The van der Waals surface area contributed by atoms with Gasteiger partial charge in [-0.1, -0.05) is 11.8 Å². The summed E-state index contributed by atoms with van der Waals surface area (Å²) in [6.45, 7) is 1.95. The van der Waals surface area contributed by atoms with Crippen molar-refractivity contribution >= 4 is 23.6 Å². The number of nitrogens with one attached hydrogen (secondary N) is 1. The van der Waals surface area contributed by atoms with Crippen LogP contribution in [0, 0.1) is 6.92 Å². The molecule has 0 spiro atoms. The van der Waals surface area contributed by atoms with Crippen LogP contribution in [0.3, 0.4) is 0 Å². The first-order valence-corrected chi connectivity index (χ1v) is 7.49. The Hall–Kier alpha value is -2.29. The van der Waals surface area contributed by atoms with E-state index in [-0.39, 0.29) is 24.1 Å². The van der Waals surface area contributed by atoms with E-state index in [0.29, 0.717) is 23.4 Å². The number of carbonyl (C=O) groups is 2. The number of thioether (sulfide) groups is 1. The van der Waals surface area contributed by atoms with Gasteiger partial charge in [-0.05, 0) is 12.1 Å². The summed E-state index contributed by atoms with van der Waals surface area (Å²) >= 11 is 1.14. The van der Waals surface area contributed by atoms with Gasteiger partial charge in [0.05, 0.1) is 25.1 Å². The number of amides is 2. The molecule has 0 aliphatic heterocycles. The highest BCUT2D eigenvalue weighted by atomic mass is 32.2. The zero-order valence-electron chi connectivity index (χ0n) is 12.2. The van der Waals surface area contributed by atoms with Gasteiger partial charge in [-0.15, -0.1) is 10.2 Å². The van der Waals surface area contributed by atoms with Crippen molar-refractivity contribution in [1.29, 1.82) is 0 Å². The average Bonchev–Trinajstić information content (AvgIpc) is 3.14. The van der Waals surface area contributed by atoms with Crippen LogP contribution < -0.4 is 5.32 Å². The summed E-state index contributed by atoms with van der Waals surface area (Å²) in [5.74, 6) is 0.772. The lowest BCUT2D eigenvalue weighted by Crippen LogP contribution is -2.38. The van der Waals surface area contributed by atoms with Crippen LogP contribution in [0.1, 0.15) is 11.7 Å². The zero-order valence-corrected chi connectivity index (χ0v) is 13.1. The van der Waals surface area contributed by atoms with Crippen molar-refractivity contribution in [2.45, 2.75) is 18.7 Å². The maximum absolute atomic E-state index is 11.9. The van der Waals surface area contributed by atoms with Gasteiger partial charge in [-0.25, -0.2) is 0 Å². The first kappa shape index (κ1) is 16.1. The van der Waals surface area contributed by atoms with Crippen molar-refractivity contribution in [1.82, 2.24) is 20.4 Å². The SMILES string of the molecule is Cc1nnc(SCC(=O)N(C)CC(=O)NCc2ccco2)o1. The summed E-state index contributed by atoms with van der Waals surface area (Å²) in [6, 6.07) is 3.51. The van der Waals surface area contributed by atoms with Crippen molar-refractivity contribution in [3.05, 3.63) is 30.0 Å². The first-order valence-electron chi connectivity index (χ1n) is 6.50. The van der Waals surface area contributed by atoms with Crippen LogP contribution in [0.5, 0.6) is 0 Å². The minimum Gasteiger partial charge on any atom is -0.467 e. The van der Waals surface area contributed by atoms with Crippen LogP contribution in [0.4, 0.5) is 0 Å². The minimum atomic E-state index is -0.258. The second-order valence-electron chi connectivity index (χ2n) is 4.48. The second-order valence-corrected chi connectivity index (χ2v) is 5.41. The zero-order chi connectivity index (χ0) is 15.9. The molecule has 0 saturated heterocycles. The van der Waals surface area contributed by atoms with Gasteiger partial charge in [-0.3, -0.25) is 9.59 Å². The third-order valence-corrected chi connectivity index (χ3v) is 3.48. The summed E-state index contributed by atoms with van der Waals surface area (Å²) in [4.78, 5) is 25.0. The molecule has 0 aromatic carbocycles. The lowest BCUT2D eigenvalue weighted by atomic mass is 10.4. The van der Waals surface area contributed by atoms with E-state index in [1.54, 1.807) is 26.1 Å². The molecule has 22 heavy (non-hydrogen) atoms. The van der Waals surface area contributed by atoms with Gasteiger partial charge in [0.25, 0.3) is 5.22 Å². The van der Waals surface area contributed by atoms with Gasteiger partial charge in [0, 0.05) is 14.0 Å². The Labute approximate surface area is 131 Å². The maximum Gasteiger partial charge on any atom is 0.277 e. The van der Waals surface area contributed by atoms with Gasteiger partial charge in [0.15, 0.2) is 0 Å². The molecule has 0 fully saturated rings. The van der Waals surface area contributed by atoms with Gasteiger partial charge in [-0.2, -0.15) is 0 Å². The topological polar surface area (TPSA) is 101 Å². The lowest BCUT2D eigenvalue weighted by Gasteiger charge is -2.15. The predicted molar refractivity (Wildman–Crippen MR) is 78.0 cm³/mol. The van der Waals surface area contributed by atoms with E-state index in [1.165, 1.54) is 11.2 Å². The smallest absolute Gasteiger partial charge is 0.277 e. The molecule has 2 aromatic heterocycles. The number of likely N-dealkylation sites (N-methyl/N-ethyl adjacent to an activating group) is 1. The van der Waals surface area contributed by atoms with Crippen molar-refractivity contribution in [2.75, 3.05) is 19.3 Å². The largest absolute Gasteiger partial charge is 0.467 e. The molecule has 0 radical (unpaired) electrons. The fourth-order valence-electron chi connectivity index (χ4n) is 1.53. The van der Waals surface area contributed by atoms with Crippen molar-refractivity contribution in [2.24, 2.45) is 0 Å². The third-order valence-electron chi connectivity index (χ3n) is 2.67. The number of rotatable bonds is 7. The Morgan fingerprint density at radius 2 is 2.23 bits per heavy atom. The van der Waals surface area contributed by atoms with E-state index >= 15 is 0 Å². The number of furan rings is 1. The van der Waals surface area contributed by atoms with Crippen LogP contribution in [0.15, 0.2) is 32.5 Å². The number of aromatic nitrogens is 2. The number of hydrogen-bond donors (Lipinski definition) is 1. The van der Waals surface area contributed by atoms with Gasteiger partial charge < -0.3 is 19.1 Å². The molecule has 0 saturated carbocycles. The van der Waals surface area contributed by atoms with E-state index in [0.717, 1.165) is 11.8 Å². The normalized spacial score (nSPS) is 10.5. The molecular formula is C13H16N4O4S. The summed E-state index contributed by atoms with van der Waals surface area (Å²) in [6.07, 6.45) is 1.54. The van der Waals surface area contributed by atoms with Crippen molar-refractivity contribution < 1.29 is 18.4 Å². The Morgan fingerprint density at radius 3 is 2.86 bits per heavy atom. The number of hydrogen-bond acceptors (Lipinski definition) is 7. The number of nitrogens with zero attached hydrogens (tertiary/aromatic N) is 3. The van der Waals surface area contributed by atoms with Gasteiger partial charge >= 0.3 is 0 Å². The average molecular weight is 324 g/mol. The van der Waals surface area contributed by atoms with E-state index in [1.807, 2.05) is 0 Å².